The number of carbonyl (C=O) groups excluding carboxylic acids is 3. The van der Waals surface area contributed by atoms with Crippen molar-refractivity contribution >= 4 is 17.9 Å². The number of ether oxygens (including phenoxy) is 3. The Bertz CT molecular complexity index is 1560. The van der Waals surface area contributed by atoms with Gasteiger partial charge in [-0.1, -0.05) is 330 Å². The lowest BCUT2D eigenvalue weighted by Gasteiger charge is -2.18. The predicted molar refractivity (Wildman–Crippen MR) is 348 cm³/mol. The summed E-state index contributed by atoms with van der Waals surface area (Å²) in [6.07, 6.45) is 91.5. The average Bonchev–Trinajstić information content (AvgIpc) is 3.46. The van der Waals surface area contributed by atoms with Gasteiger partial charge in [0.25, 0.3) is 0 Å². The molecular weight excluding hydrogens is 985 g/mol. The van der Waals surface area contributed by atoms with E-state index in [4.69, 9.17) is 14.2 Å². The molecule has 0 amide bonds. The van der Waals surface area contributed by atoms with Gasteiger partial charge in [-0.25, -0.2) is 0 Å². The Morgan fingerprint density at radius 1 is 0.263 bits per heavy atom. The maximum absolute atomic E-state index is 12.9. The van der Waals surface area contributed by atoms with E-state index >= 15 is 0 Å². The van der Waals surface area contributed by atoms with E-state index in [0.29, 0.717) is 19.3 Å². The first-order valence-electron chi connectivity index (χ1n) is 34.2. The van der Waals surface area contributed by atoms with Gasteiger partial charge < -0.3 is 14.2 Å². The molecule has 0 heterocycles. The quantitative estimate of drug-likeness (QED) is 0.0261. The Labute approximate surface area is 496 Å². The van der Waals surface area contributed by atoms with Crippen molar-refractivity contribution in [3.8, 4) is 0 Å². The van der Waals surface area contributed by atoms with Gasteiger partial charge in [0, 0.05) is 19.3 Å². The van der Waals surface area contributed by atoms with Crippen LogP contribution < -0.4 is 0 Å². The Kier molecular flexibility index (Phi) is 64.7. The van der Waals surface area contributed by atoms with E-state index in [1.54, 1.807) is 0 Å². The van der Waals surface area contributed by atoms with Crippen LogP contribution in [0.1, 0.15) is 335 Å². The van der Waals surface area contributed by atoms with Crippen molar-refractivity contribution in [2.75, 3.05) is 13.2 Å². The van der Waals surface area contributed by atoms with Crippen LogP contribution in [0.25, 0.3) is 0 Å². The molecule has 0 aromatic rings. The maximum Gasteiger partial charge on any atom is 0.306 e. The molecule has 0 spiro atoms. The highest BCUT2D eigenvalue weighted by Crippen LogP contribution is 2.18. The van der Waals surface area contributed by atoms with Crippen molar-refractivity contribution < 1.29 is 28.6 Å². The molecule has 6 nitrogen and oxygen atoms in total. The Hall–Kier alpha value is -3.67. The molecule has 0 rings (SSSR count). The topological polar surface area (TPSA) is 78.9 Å². The van der Waals surface area contributed by atoms with Gasteiger partial charge in [0.1, 0.15) is 13.2 Å². The van der Waals surface area contributed by atoms with Crippen LogP contribution in [0, 0.1) is 0 Å². The molecule has 6 heteroatoms. The summed E-state index contributed by atoms with van der Waals surface area (Å²) in [7, 11) is 0. The first-order valence-corrected chi connectivity index (χ1v) is 34.2. The number of esters is 3. The van der Waals surface area contributed by atoms with Crippen molar-refractivity contribution in [2.24, 2.45) is 0 Å². The fraction of sp³-hybridized carbons (Fsp3) is 0.743. The number of hydrogen-bond acceptors (Lipinski definition) is 6. The molecule has 0 aliphatic carbocycles. The monoisotopic (exact) mass is 1110 g/mol. The first kappa shape index (κ1) is 76.3. The Morgan fingerprint density at radius 2 is 0.487 bits per heavy atom. The molecular formula is C74H128O6. The molecule has 0 aromatic carbocycles. The van der Waals surface area contributed by atoms with E-state index in [2.05, 4.69) is 118 Å². The molecule has 0 aliphatic rings. The summed E-state index contributed by atoms with van der Waals surface area (Å²) in [5.74, 6) is -0.919. The summed E-state index contributed by atoms with van der Waals surface area (Å²) in [4.78, 5) is 38.3. The third kappa shape index (κ3) is 65.1. The van der Waals surface area contributed by atoms with Gasteiger partial charge in [0.05, 0.1) is 0 Å². The van der Waals surface area contributed by atoms with Gasteiger partial charge in [0.15, 0.2) is 6.10 Å². The molecule has 1 atom stereocenters. The van der Waals surface area contributed by atoms with Crippen LogP contribution in [-0.4, -0.2) is 37.2 Å². The zero-order valence-electron chi connectivity index (χ0n) is 52.8. The second-order valence-electron chi connectivity index (χ2n) is 22.7. The molecule has 0 aromatic heterocycles. The average molecular weight is 1110 g/mol. The number of hydrogen-bond donors (Lipinski definition) is 0. The lowest BCUT2D eigenvalue weighted by molar-refractivity contribution is -0.167. The van der Waals surface area contributed by atoms with E-state index in [-0.39, 0.29) is 31.1 Å². The molecule has 0 radical (unpaired) electrons. The van der Waals surface area contributed by atoms with Crippen molar-refractivity contribution in [1.82, 2.24) is 0 Å². The smallest absolute Gasteiger partial charge is 0.306 e. The van der Waals surface area contributed by atoms with Crippen LogP contribution in [0.2, 0.25) is 0 Å². The van der Waals surface area contributed by atoms with Gasteiger partial charge in [0.2, 0.25) is 0 Å². The minimum Gasteiger partial charge on any atom is -0.462 e. The number of allylic oxidation sites excluding steroid dienone is 16. The summed E-state index contributed by atoms with van der Waals surface area (Å²) in [6, 6.07) is 0. The third-order valence-electron chi connectivity index (χ3n) is 14.9. The fourth-order valence-corrected chi connectivity index (χ4v) is 9.76. The van der Waals surface area contributed by atoms with E-state index in [9.17, 15) is 14.4 Å². The lowest BCUT2D eigenvalue weighted by Crippen LogP contribution is -2.30. The van der Waals surface area contributed by atoms with Crippen LogP contribution in [0.4, 0.5) is 0 Å². The highest BCUT2D eigenvalue weighted by atomic mass is 16.6. The van der Waals surface area contributed by atoms with E-state index in [0.717, 1.165) is 109 Å². The summed E-state index contributed by atoms with van der Waals surface area (Å²) < 4.78 is 16.9. The number of unbranched alkanes of at least 4 members (excludes halogenated alkanes) is 35. The van der Waals surface area contributed by atoms with Crippen molar-refractivity contribution in [3.05, 3.63) is 97.2 Å². The highest BCUT2D eigenvalue weighted by Gasteiger charge is 2.19. The molecule has 0 aliphatic heterocycles. The van der Waals surface area contributed by atoms with Crippen molar-refractivity contribution in [3.63, 3.8) is 0 Å². The van der Waals surface area contributed by atoms with Gasteiger partial charge in [-0.05, 0) is 83.5 Å². The van der Waals surface area contributed by atoms with Gasteiger partial charge in [-0.3, -0.25) is 14.4 Å². The summed E-state index contributed by atoms with van der Waals surface area (Å²) in [6.45, 7) is 6.53. The summed E-state index contributed by atoms with van der Waals surface area (Å²) in [5, 5.41) is 0. The molecule has 0 bridgehead atoms. The first-order chi connectivity index (χ1) is 39.5. The molecule has 0 fully saturated rings. The molecule has 0 saturated heterocycles. The predicted octanol–water partition coefficient (Wildman–Crippen LogP) is 23.6. The molecule has 0 saturated carbocycles. The van der Waals surface area contributed by atoms with Crippen LogP contribution in [-0.2, 0) is 28.6 Å². The second kappa shape index (κ2) is 67.8. The lowest BCUT2D eigenvalue weighted by atomic mass is 10.0. The van der Waals surface area contributed by atoms with Crippen molar-refractivity contribution in [2.45, 2.75) is 341 Å². The largest absolute Gasteiger partial charge is 0.462 e. The van der Waals surface area contributed by atoms with Gasteiger partial charge in [-0.2, -0.15) is 0 Å². The minimum atomic E-state index is -0.794. The number of rotatable bonds is 62. The Morgan fingerprint density at radius 3 is 0.762 bits per heavy atom. The SMILES string of the molecule is CC/C=C\C/C=C\C/C=C\C/C=C\C/C=C\C/C=C\C/C=C\C/C=C\CCCCC(=O)OCC(COC(=O)CCCCCCCCCCCCC)OC(=O)CCCCCCCCCCCCCCCCCCCCCCCCCC. The van der Waals surface area contributed by atoms with E-state index in [1.807, 2.05) is 0 Å². The normalized spacial score (nSPS) is 12.7. The molecule has 80 heavy (non-hydrogen) atoms. The van der Waals surface area contributed by atoms with Crippen molar-refractivity contribution in [1.29, 1.82) is 0 Å². The fourth-order valence-electron chi connectivity index (χ4n) is 9.76. The molecule has 0 N–H and O–H groups in total. The minimum absolute atomic E-state index is 0.0873. The van der Waals surface area contributed by atoms with Crippen LogP contribution >= 0.6 is 0 Å². The third-order valence-corrected chi connectivity index (χ3v) is 14.9. The zero-order valence-corrected chi connectivity index (χ0v) is 52.8. The van der Waals surface area contributed by atoms with E-state index < -0.39 is 6.10 Å². The van der Waals surface area contributed by atoms with Crippen LogP contribution in [0.15, 0.2) is 97.2 Å². The highest BCUT2D eigenvalue weighted by molar-refractivity contribution is 5.71. The second-order valence-corrected chi connectivity index (χ2v) is 22.7. The molecule has 460 valence electrons. The summed E-state index contributed by atoms with van der Waals surface area (Å²) >= 11 is 0. The standard InChI is InChI=1S/C74H128O6/c1-4-7-10-13-16-19-22-24-26-28-30-32-34-36-37-38-40-41-43-45-47-49-52-55-58-61-64-67-73(76)79-70-71(69-78-72(75)66-63-60-57-54-51-21-18-15-12-9-6-3)80-74(77)68-65-62-59-56-53-50-48-46-44-42-39-35-33-31-29-27-25-23-20-17-14-11-8-5-2/h7,10,16,19,24,26,30,32,36-37,40-41,45,47,52,55,71H,4-6,8-9,11-15,17-18,20-23,25,27-29,31,33-35,38-39,42-44,46,48-51,53-54,56-70H2,1-3H3/b10-7-,19-16-,26-24-,32-30-,37-36-,41-40-,47-45-,55-52-. The van der Waals surface area contributed by atoms with Gasteiger partial charge >= 0.3 is 17.9 Å². The zero-order chi connectivity index (χ0) is 57.8. The number of carbonyl (C=O) groups is 3. The molecule has 1 unspecified atom stereocenters. The maximum atomic E-state index is 12.9. The van der Waals surface area contributed by atoms with Crippen LogP contribution in [0.5, 0.6) is 0 Å². The van der Waals surface area contributed by atoms with Gasteiger partial charge in [-0.15, -0.1) is 0 Å². The Balaban J connectivity index is 4.32. The van der Waals surface area contributed by atoms with E-state index in [1.165, 1.54) is 186 Å². The summed E-state index contributed by atoms with van der Waals surface area (Å²) in [5.41, 5.74) is 0. The van der Waals surface area contributed by atoms with Crippen LogP contribution in [0.3, 0.4) is 0 Å².